The smallest absolute Gasteiger partial charge is 0.306 e. The van der Waals surface area contributed by atoms with Gasteiger partial charge in [-0.3, -0.25) is 4.79 Å². The van der Waals surface area contributed by atoms with Crippen molar-refractivity contribution in [1.29, 1.82) is 0 Å². The Bertz CT molecular complexity index is 402. The number of carboxylic acids is 1. The van der Waals surface area contributed by atoms with Crippen molar-refractivity contribution in [3.8, 4) is 0 Å². The summed E-state index contributed by atoms with van der Waals surface area (Å²) >= 11 is 0. The highest BCUT2D eigenvalue weighted by Crippen LogP contribution is 2.28. The zero-order valence-electron chi connectivity index (χ0n) is 9.97. The quantitative estimate of drug-likeness (QED) is 0.857. The van der Waals surface area contributed by atoms with Crippen molar-refractivity contribution in [2.75, 3.05) is 11.9 Å². The average molecular weight is 253 g/mol. The Morgan fingerprint density at radius 1 is 1.33 bits per heavy atom. The molecule has 98 valence electrons. The molecule has 0 saturated heterocycles. The van der Waals surface area contributed by atoms with Crippen molar-refractivity contribution in [3.05, 3.63) is 18.2 Å². The van der Waals surface area contributed by atoms with Crippen LogP contribution in [0, 0.1) is 17.7 Å². The SMILES string of the molecule is O=C(O)C1CCC(CNc2ncc(F)cn2)CC1. The lowest BCUT2D eigenvalue weighted by molar-refractivity contribution is -0.143. The van der Waals surface area contributed by atoms with Crippen LogP contribution >= 0.6 is 0 Å². The van der Waals surface area contributed by atoms with Gasteiger partial charge in [0.25, 0.3) is 0 Å². The minimum absolute atomic E-state index is 0.191. The van der Waals surface area contributed by atoms with E-state index in [0.29, 0.717) is 18.4 Å². The van der Waals surface area contributed by atoms with Crippen molar-refractivity contribution in [2.45, 2.75) is 25.7 Å². The van der Waals surface area contributed by atoms with Crippen LogP contribution < -0.4 is 5.32 Å². The van der Waals surface area contributed by atoms with Crippen molar-refractivity contribution in [1.82, 2.24) is 9.97 Å². The second-order valence-electron chi connectivity index (χ2n) is 4.66. The largest absolute Gasteiger partial charge is 0.481 e. The Morgan fingerprint density at radius 2 is 1.94 bits per heavy atom. The molecular formula is C12H16FN3O2. The zero-order valence-corrected chi connectivity index (χ0v) is 9.97. The molecule has 0 unspecified atom stereocenters. The molecule has 1 aromatic rings. The standard InChI is InChI=1S/C12H16FN3O2/c13-10-6-15-12(16-7-10)14-5-8-1-3-9(4-2-8)11(17)18/h6-9H,1-5H2,(H,17,18)(H,14,15,16). The number of halogens is 1. The fourth-order valence-electron chi connectivity index (χ4n) is 2.25. The highest BCUT2D eigenvalue weighted by atomic mass is 19.1. The van der Waals surface area contributed by atoms with Crippen LogP contribution in [0.5, 0.6) is 0 Å². The van der Waals surface area contributed by atoms with Crippen molar-refractivity contribution < 1.29 is 14.3 Å². The van der Waals surface area contributed by atoms with E-state index in [1.807, 2.05) is 0 Å². The number of aromatic nitrogens is 2. The molecular weight excluding hydrogens is 237 g/mol. The molecule has 1 aliphatic rings. The Labute approximate surface area is 104 Å². The zero-order chi connectivity index (χ0) is 13.0. The first-order chi connectivity index (χ1) is 8.65. The van der Waals surface area contributed by atoms with Gasteiger partial charge in [0.15, 0.2) is 5.82 Å². The summed E-state index contributed by atoms with van der Waals surface area (Å²) in [7, 11) is 0. The van der Waals surface area contributed by atoms with Gasteiger partial charge >= 0.3 is 5.97 Å². The van der Waals surface area contributed by atoms with E-state index in [0.717, 1.165) is 38.1 Å². The predicted molar refractivity (Wildman–Crippen MR) is 63.6 cm³/mol. The summed E-state index contributed by atoms with van der Waals surface area (Å²) in [5.41, 5.74) is 0. The highest BCUT2D eigenvalue weighted by Gasteiger charge is 2.25. The lowest BCUT2D eigenvalue weighted by atomic mass is 9.82. The number of hydrogen-bond acceptors (Lipinski definition) is 4. The first-order valence-corrected chi connectivity index (χ1v) is 6.09. The van der Waals surface area contributed by atoms with Crippen molar-refractivity contribution in [3.63, 3.8) is 0 Å². The molecule has 0 amide bonds. The first kappa shape index (κ1) is 12.7. The highest BCUT2D eigenvalue weighted by molar-refractivity contribution is 5.69. The Hall–Kier alpha value is -1.72. The van der Waals surface area contributed by atoms with Crippen LogP contribution in [0.2, 0.25) is 0 Å². The molecule has 6 heteroatoms. The fraction of sp³-hybridized carbons (Fsp3) is 0.583. The summed E-state index contributed by atoms with van der Waals surface area (Å²) in [6, 6.07) is 0. The summed E-state index contributed by atoms with van der Waals surface area (Å²) in [6.45, 7) is 0.706. The van der Waals surface area contributed by atoms with Gasteiger partial charge in [0, 0.05) is 6.54 Å². The van der Waals surface area contributed by atoms with E-state index >= 15 is 0 Å². The van der Waals surface area contributed by atoms with E-state index in [1.165, 1.54) is 0 Å². The number of aliphatic carboxylic acids is 1. The average Bonchev–Trinajstić information content (AvgIpc) is 2.38. The minimum Gasteiger partial charge on any atom is -0.481 e. The van der Waals surface area contributed by atoms with Crippen LogP contribution in [0.4, 0.5) is 10.3 Å². The summed E-state index contributed by atoms with van der Waals surface area (Å²) in [4.78, 5) is 18.4. The fourth-order valence-corrected chi connectivity index (χ4v) is 2.25. The molecule has 2 N–H and O–H groups in total. The van der Waals surface area contributed by atoms with E-state index in [2.05, 4.69) is 15.3 Å². The van der Waals surface area contributed by atoms with Crippen LogP contribution in [-0.2, 0) is 4.79 Å². The topological polar surface area (TPSA) is 75.1 Å². The van der Waals surface area contributed by atoms with Crippen LogP contribution in [-0.4, -0.2) is 27.6 Å². The molecule has 0 atom stereocenters. The number of anilines is 1. The second-order valence-corrected chi connectivity index (χ2v) is 4.66. The Kier molecular flexibility index (Phi) is 4.07. The lowest BCUT2D eigenvalue weighted by Crippen LogP contribution is -2.25. The molecule has 1 fully saturated rings. The molecule has 0 aromatic carbocycles. The molecule has 0 radical (unpaired) electrons. The third-order valence-corrected chi connectivity index (χ3v) is 3.37. The summed E-state index contributed by atoms with van der Waals surface area (Å²) in [6.07, 6.45) is 5.49. The Morgan fingerprint density at radius 3 is 2.50 bits per heavy atom. The van der Waals surface area contributed by atoms with Gasteiger partial charge in [-0.15, -0.1) is 0 Å². The number of carbonyl (C=O) groups is 1. The summed E-state index contributed by atoms with van der Waals surface area (Å²) < 4.78 is 12.6. The number of carboxylic acid groups (broad SMARTS) is 1. The van der Waals surface area contributed by atoms with Gasteiger partial charge in [0.2, 0.25) is 5.95 Å². The maximum atomic E-state index is 12.6. The third kappa shape index (κ3) is 3.38. The van der Waals surface area contributed by atoms with Crippen LogP contribution in [0.3, 0.4) is 0 Å². The molecule has 1 saturated carbocycles. The van der Waals surface area contributed by atoms with E-state index in [1.54, 1.807) is 0 Å². The molecule has 1 heterocycles. The maximum Gasteiger partial charge on any atom is 0.306 e. The lowest BCUT2D eigenvalue weighted by Gasteiger charge is -2.26. The predicted octanol–water partition coefficient (Wildman–Crippen LogP) is 1.92. The van der Waals surface area contributed by atoms with Crippen molar-refractivity contribution >= 4 is 11.9 Å². The summed E-state index contributed by atoms with van der Waals surface area (Å²) in [5, 5.41) is 11.9. The third-order valence-electron chi connectivity index (χ3n) is 3.37. The normalized spacial score (nSPS) is 23.6. The first-order valence-electron chi connectivity index (χ1n) is 6.09. The number of rotatable bonds is 4. The minimum atomic E-state index is -0.691. The molecule has 0 aliphatic heterocycles. The summed E-state index contributed by atoms with van der Waals surface area (Å²) in [5.74, 6) is -0.486. The number of nitrogens with zero attached hydrogens (tertiary/aromatic N) is 2. The van der Waals surface area contributed by atoms with Gasteiger partial charge in [-0.05, 0) is 31.6 Å². The molecule has 1 aromatic heterocycles. The Balaban J connectivity index is 1.75. The molecule has 2 rings (SSSR count). The van der Waals surface area contributed by atoms with Crippen molar-refractivity contribution in [2.24, 2.45) is 11.8 Å². The number of nitrogens with one attached hydrogen (secondary N) is 1. The van der Waals surface area contributed by atoms with Gasteiger partial charge < -0.3 is 10.4 Å². The molecule has 5 nitrogen and oxygen atoms in total. The van der Waals surface area contributed by atoms with Gasteiger partial charge in [0.1, 0.15) is 0 Å². The molecule has 1 aliphatic carbocycles. The second kappa shape index (κ2) is 5.75. The van der Waals surface area contributed by atoms with Crippen LogP contribution in [0.25, 0.3) is 0 Å². The van der Waals surface area contributed by atoms with Crippen LogP contribution in [0.15, 0.2) is 12.4 Å². The molecule has 18 heavy (non-hydrogen) atoms. The molecule has 0 bridgehead atoms. The van der Waals surface area contributed by atoms with Gasteiger partial charge in [-0.25, -0.2) is 14.4 Å². The molecule has 0 spiro atoms. The van der Waals surface area contributed by atoms with Gasteiger partial charge in [-0.2, -0.15) is 0 Å². The number of hydrogen-bond donors (Lipinski definition) is 2. The maximum absolute atomic E-state index is 12.6. The monoisotopic (exact) mass is 253 g/mol. The van der Waals surface area contributed by atoms with E-state index in [-0.39, 0.29) is 5.92 Å². The van der Waals surface area contributed by atoms with Gasteiger partial charge in [-0.1, -0.05) is 0 Å². The van der Waals surface area contributed by atoms with Gasteiger partial charge in [0.05, 0.1) is 18.3 Å². The van der Waals surface area contributed by atoms with Crippen LogP contribution in [0.1, 0.15) is 25.7 Å². The van der Waals surface area contributed by atoms with E-state index in [4.69, 9.17) is 5.11 Å². The van der Waals surface area contributed by atoms with E-state index < -0.39 is 11.8 Å². The van der Waals surface area contributed by atoms with E-state index in [9.17, 15) is 9.18 Å².